The molecule has 0 bridgehead atoms. The van der Waals surface area contributed by atoms with Crippen molar-refractivity contribution in [3.8, 4) is 11.3 Å². The maximum atomic E-state index is 12.7. The van der Waals surface area contributed by atoms with Gasteiger partial charge in [0.2, 0.25) is 5.91 Å². The molecule has 7 nitrogen and oxygen atoms in total. The van der Waals surface area contributed by atoms with Crippen LogP contribution in [0.25, 0.3) is 16.8 Å². The molecule has 4 aromatic rings. The van der Waals surface area contributed by atoms with Crippen molar-refractivity contribution in [2.75, 3.05) is 0 Å². The van der Waals surface area contributed by atoms with E-state index in [-0.39, 0.29) is 24.1 Å². The van der Waals surface area contributed by atoms with Gasteiger partial charge in [-0.3, -0.25) is 9.59 Å². The monoisotopic (exact) mass is 373 g/mol. The van der Waals surface area contributed by atoms with E-state index in [4.69, 9.17) is 0 Å². The average Bonchev–Trinajstić information content (AvgIpc) is 3.17. The zero-order chi connectivity index (χ0) is 19.5. The number of aromatic nitrogens is 4. The zero-order valence-corrected chi connectivity index (χ0v) is 15.3. The summed E-state index contributed by atoms with van der Waals surface area (Å²) in [6, 6.07) is 20.8. The third-order valence-corrected chi connectivity index (χ3v) is 4.53. The Bertz CT molecular complexity index is 1170. The third kappa shape index (κ3) is 3.55. The molecule has 1 unspecified atom stereocenters. The lowest BCUT2D eigenvalue weighted by Gasteiger charge is -2.14. The smallest absolute Gasteiger partial charge is 0.293 e. The Morgan fingerprint density at radius 2 is 1.75 bits per heavy atom. The number of benzene rings is 2. The summed E-state index contributed by atoms with van der Waals surface area (Å²) in [5.41, 5.74) is 2.60. The quantitative estimate of drug-likeness (QED) is 0.583. The number of hydrogen-bond acceptors (Lipinski definition) is 4. The van der Waals surface area contributed by atoms with Gasteiger partial charge in [0.15, 0.2) is 0 Å². The van der Waals surface area contributed by atoms with Crippen LogP contribution in [0.1, 0.15) is 18.5 Å². The van der Waals surface area contributed by atoms with Gasteiger partial charge in [-0.15, -0.1) is 0 Å². The van der Waals surface area contributed by atoms with E-state index < -0.39 is 0 Å². The lowest BCUT2D eigenvalue weighted by molar-refractivity contribution is -0.122. The molecule has 0 saturated carbocycles. The second-order valence-electron chi connectivity index (χ2n) is 6.52. The summed E-state index contributed by atoms with van der Waals surface area (Å²) in [5.74, 6) is -0.280. The molecule has 0 aliphatic rings. The Morgan fingerprint density at radius 1 is 1.07 bits per heavy atom. The zero-order valence-electron chi connectivity index (χ0n) is 15.3. The van der Waals surface area contributed by atoms with Gasteiger partial charge in [0.25, 0.3) is 5.56 Å². The summed E-state index contributed by atoms with van der Waals surface area (Å²) in [7, 11) is 0. The van der Waals surface area contributed by atoms with E-state index in [1.54, 1.807) is 6.07 Å². The predicted molar refractivity (Wildman–Crippen MR) is 106 cm³/mol. The molecule has 0 aliphatic heterocycles. The van der Waals surface area contributed by atoms with Crippen molar-refractivity contribution in [2.24, 2.45) is 0 Å². The van der Waals surface area contributed by atoms with Crippen LogP contribution < -0.4 is 10.9 Å². The van der Waals surface area contributed by atoms with Crippen molar-refractivity contribution in [2.45, 2.75) is 19.5 Å². The van der Waals surface area contributed by atoms with Gasteiger partial charge in [0, 0.05) is 5.56 Å². The number of amides is 1. The normalized spacial score (nSPS) is 12.0. The third-order valence-electron chi connectivity index (χ3n) is 4.53. The largest absolute Gasteiger partial charge is 0.348 e. The van der Waals surface area contributed by atoms with Gasteiger partial charge in [0.05, 0.1) is 11.7 Å². The maximum absolute atomic E-state index is 12.7. The summed E-state index contributed by atoms with van der Waals surface area (Å²) >= 11 is 0. The molecule has 2 aromatic heterocycles. The van der Waals surface area contributed by atoms with Crippen LogP contribution >= 0.6 is 0 Å². The second kappa shape index (κ2) is 7.48. The van der Waals surface area contributed by atoms with Crippen LogP contribution in [0.2, 0.25) is 0 Å². The van der Waals surface area contributed by atoms with Gasteiger partial charge in [-0.05, 0) is 18.6 Å². The highest BCUT2D eigenvalue weighted by Gasteiger charge is 2.14. The Labute approximate surface area is 161 Å². The number of fused-ring (bicyclic) bond motifs is 1. The number of carbonyl (C=O) groups excluding carboxylic acids is 1. The molecule has 1 amide bonds. The molecule has 1 atom stereocenters. The van der Waals surface area contributed by atoms with Crippen molar-refractivity contribution in [3.63, 3.8) is 0 Å². The first kappa shape index (κ1) is 17.7. The molecule has 7 heteroatoms. The molecule has 1 N–H and O–H groups in total. The molecule has 2 heterocycles. The highest BCUT2D eigenvalue weighted by atomic mass is 16.2. The number of nitrogens with one attached hydrogen (secondary N) is 1. The first-order chi connectivity index (χ1) is 13.6. The van der Waals surface area contributed by atoms with Crippen LogP contribution in [0.4, 0.5) is 0 Å². The molecule has 0 aliphatic carbocycles. The van der Waals surface area contributed by atoms with Gasteiger partial charge < -0.3 is 5.32 Å². The number of carbonyl (C=O) groups is 1. The molecular formula is C21H19N5O2. The van der Waals surface area contributed by atoms with E-state index in [0.717, 1.165) is 15.8 Å². The molecular weight excluding hydrogens is 354 g/mol. The van der Waals surface area contributed by atoms with E-state index in [0.29, 0.717) is 11.2 Å². The van der Waals surface area contributed by atoms with Gasteiger partial charge in [-0.1, -0.05) is 60.7 Å². The standard InChI is InChI=1S/C21H19N5O2/c1-15(16-8-4-2-5-9-16)23-20(27)13-25-21(28)19-12-18(24-26(19)14-22-25)17-10-6-3-7-11-17/h2-12,14-15H,13H2,1H3,(H,23,27). The van der Waals surface area contributed by atoms with Crippen LogP contribution in [-0.2, 0) is 11.3 Å². The molecule has 28 heavy (non-hydrogen) atoms. The van der Waals surface area contributed by atoms with Gasteiger partial charge in [-0.2, -0.15) is 10.2 Å². The van der Waals surface area contributed by atoms with E-state index in [1.165, 1.54) is 10.8 Å². The lowest BCUT2D eigenvalue weighted by atomic mass is 10.1. The minimum Gasteiger partial charge on any atom is -0.348 e. The number of hydrogen-bond donors (Lipinski definition) is 1. The highest BCUT2D eigenvalue weighted by Crippen LogP contribution is 2.17. The van der Waals surface area contributed by atoms with E-state index in [9.17, 15) is 9.59 Å². The van der Waals surface area contributed by atoms with Crippen molar-refractivity contribution < 1.29 is 4.79 Å². The summed E-state index contributed by atoms with van der Waals surface area (Å²) in [5, 5.41) is 11.4. The van der Waals surface area contributed by atoms with Crippen molar-refractivity contribution in [1.29, 1.82) is 0 Å². The van der Waals surface area contributed by atoms with Crippen LogP contribution in [0.15, 0.2) is 77.9 Å². The molecule has 2 aromatic carbocycles. The summed E-state index contributed by atoms with van der Waals surface area (Å²) < 4.78 is 2.59. The van der Waals surface area contributed by atoms with E-state index in [1.807, 2.05) is 67.6 Å². The maximum Gasteiger partial charge on any atom is 0.293 e. The lowest BCUT2D eigenvalue weighted by Crippen LogP contribution is -2.35. The SMILES string of the molecule is CC(NC(=O)Cn1ncn2nc(-c3ccccc3)cc2c1=O)c1ccccc1. The fourth-order valence-electron chi connectivity index (χ4n) is 3.05. The summed E-state index contributed by atoms with van der Waals surface area (Å²) in [6.07, 6.45) is 1.44. The second-order valence-corrected chi connectivity index (χ2v) is 6.52. The van der Waals surface area contributed by atoms with Crippen LogP contribution in [0, 0.1) is 0 Å². The average molecular weight is 373 g/mol. The van der Waals surface area contributed by atoms with Crippen molar-refractivity contribution >= 4 is 11.4 Å². The molecule has 4 rings (SSSR count). The van der Waals surface area contributed by atoms with Crippen LogP contribution in [0.3, 0.4) is 0 Å². The van der Waals surface area contributed by atoms with Gasteiger partial charge in [0.1, 0.15) is 18.4 Å². The molecule has 0 radical (unpaired) electrons. The van der Waals surface area contributed by atoms with Gasteiger partial charge in [-0.25, -0.2) is 9.20 Å². The first-order valence-corrected chi connectivity index (χ1v) is 8.97. The first-order valence-electron chi connectivity index (χ1n) is 8.97. The molecule has 0 fully saturated rings. The van der Waals surface area contributed by atoms with Crippen molar-refractivity contribution in [3.05, 3.63) is 89.0 Å². The van der Waals surface area contributed by atoms with Crippen LogP contribution in [0.5, 0.6) is 0 Å². The molecule has 0 spiro atoms. The highest BCUT2D eigenvalue weighted by molar-refractivity contribution is 5.76. The van der Waals surface area contributed by atoms with E-state index in [2.05, 4.69) is 15.5 Å². The summed E-state index contributed by atoms with van der Waals surface area (Å²) in [4.78, 5) is 25.1. The fraction of sp³-hybridized carbons (Fsp3) is 0.143. The minimum atomic E-state index is -0.361. The fourth-order valence-corrected chi connectivity index (χ4v) is 3.05. The predicted octanol–water partition coefficient (Wildman–Crippen LogP) is 2.44. The molecule has 140 valence electrons. The Morgan fingerprint density at radius 3 is 2.46 bits per heavy atom. The Balaban J connectivity index is 1.55. The van der Waals surface area contributed by atoms with E-state index >= 15 is 0 Å². The Hall–Kier alpha value is -3.74. The molecule has 0 saturated heterocycles. The van der Waals surface area contributed by atoms with Crippen molar-refractivity contribution in [1.82, 2.24) is 24.7 Å². The number of nitrogens with zero attached hydrogens (tertiary/aromatic N) is 4. The minimum absolute atomic E-state index is 0.154. The summed E-state index contributed by atoms with van der Waals surface area (Å²) in [6.45, 7) is 1.74. The van der Waals surface area contributed by atoms with Gasteiger partial charge >= 0.3 is 0 Å². The Kier molecular flexibility index (Phi) is 4.72. The topological polar surface area (TPSA) is 81.3 Å². The van der Waals surface area contributed by atoms with Crippen LogP contribution in [-0.4, -0.2) is 25.3 Å². The number of rotatable bonds is 5.